The van der Waals surface area contributed by atoms with Crippen molar-refractivity contribution in [3.8, 4) is 0 Å². The summed E-state index contributed by atoms with van der Waals surface area (Å²) in [4.78, 5) is 12.7. The van der Waals surface area contributed by atoms with Crippen LogP contribution in [0.3, 0.4) is 0 Å². The van der Waals surface area contributed by atoms with Crippen molar-refractivity contribution in [3.63, 3.8) is 0 Å². The smallest absolute Gasteiger partial charge is 0.252 e. The molecule has 0 atom stereocenters. The molecule has 0 spiro atoms. The molecule has 1 N–H and O–H groups in total. The molecule has 1 heterocycles. The second-order valence-corrected chi connectivity index (χ2v) is 4.28. The molecule has 0 radical (unpaired) electrons. The Kier molecular flexibility index (Phi) is 3.48. The maximum atomic E-state index is 11.5. The SMILES string of the molecule is CCc1cc(C(=O)NC(C)C)cs1.[HH]. The Bertz CT molecular complexity index is 296. The monoisotopic (exact) mass is 199 g/mol. The van der Waals surface area contributed by atoms with E-state index >= 15 is 0 Å². The van der Waals surface area contributed by atoms with Gasteiger partial charge in [0.2, 0.25) is 0 Å². The van der Waals surface area contributed by atoms with E-state index in [2.05, 4.69) is 12.2 Å². The zero-order chi connectivity index (χ0) is 9.84. The normalized spacial score (nSPS) is 10.5. The van der Waals surface area contributed by atoms with Crippen molar-refractivity contribution in [3.05, 3.63) is 21.9 Å². The minimum atomic E-state index is 0. The van der Waals surface area contributed by atoms with Gasteiger partial charge in [-0.2, -0.15) is 0 Å². The van der Waals surface area contributed by atoms with Gasteiger partial charge in [-0.05, 0) is 26.3 Å². The molecule has 0 saturated heterocycles. The van der Waals surface area contributed by atoms with Crippen LogP contribution >= 0.6 is 11.3 Å². The first kappa shape index (κ1) is 10.3. The summed E-state index contributed by atoms with van der Waals surface area (Å²) in [6, 6.07) is 2.17. The van der Waals surface area contributed by atoms with Gasteiger partial charge in [0.25, 0.3) is 5.91 Å². The summed E-state index contributed by atoms with van der Waals surface area (Å²) in [5.41, 5.74) is 0.788. The van der Waals surface area contributed by atoms with Crippen LogP contribution in [0.5, 0.6) is 0 Å². The molecule has 2 nitrogen and oxygen atoms in total. The van der Waals surface area contributed by atoms with Crippen LogP contribution in [-0.2, 0) is 6.42 Å². The van der Waals surface area contributed by atoms with E-state index in [4.69, 9.17) is 0 Å². The Hall–Kier alpha value is -0.830. The van der Waals surface area contributed by atoms with E-state index in [-0.39, 0.29) is 13.4 Å². The molecule has 1 aromatic rings. The lowest BCUT2D eigenvalue weighted by molar-refractivity contribution is 0.0943. The molecule has 3 heteroatoms. The van der Waals surface area contributed by atoms with Crippen LogP contribution < -0.4 is 5.32 Å². The summed E-state index contributed by atoms with van der Waals surface area (Å²) in [6.07, 6.45) is 1.000. The number of amides is 1. The second-order valence-electron chi connectivity index (χ2n) is 3.28. The lowest BCUT2D eigenvalue weighted by Gasteiger charge is -2.05. The molecule has 0 aromatic carbocycles. The highest BCUT2D eigenvalue weighted by molar-refractivity contribution is 7.10. The zero-order valence-electron chi connectivity index (χ0n) is 8.26. The molecule has 13 heavy (non-hydrogen) atoms. The van der Waals surface area contributed by atoms with Crippen molar-refractivity contribution in [2.45, 2.75) is 33.2 Å². The Balaban J connectivity index is 0.00000169. The molecule has 1 aromatic heterocycles. The van der Waals surface area contributed by atoms with E-state index in [1.807, 2.05) is 25.3 Å². The zero-order valence-corrected chi connectivity index (χ0v) is 9.07. The fraction of sp³-hybridized carbons (Fsp3) is 0.500. The molecule has 0 fully saturated rings. The van der Waals surface area contributed by atoms with E-state index in [1.165, 1.54) is 4.88 Å². The molecular weight excluding hydrogens is 182 g/mol. The van der Waals surface area contributed by atoms with E-state index < -0.39 is 0 Å². The number of aryl methyl sites for hydroxylation is 1. The topological polar surface area (TPSA) is 29.1 Å². The van der Waals surface area contributed by atoms with E-state index in [1.54, 1.807) is 11.3 Å². The fourth-order valence-corrected chi connectivity index (χ4v) is 1.85. The highest BCUT2D eigenvalue weighted by Crippen LogP contribution is 2.14. The first-order chi connectivity index (χ1) is 6.13. The van der Waals surface area contributed by atoms with Crippen molar-refractivity contribution in [2.75, 3.05) is 0 Å². The molecule has 0 saturated carbocycles. The number of rotatable bonds is 3. The molecule has 74 valence electrons. The van der Waals surface area contributed by atoms with Crippen LogP contribution in [0.1, 0.15) is 37.4 Å². The van der Waals surface area contributed by atoms with Gasteiger partial charge in [-0.3, -0.25) is 4.79 Å². The number of hydrogen-bond donors (Lipinski definition) is 1. The van der Waals surface area contributed by atoms with Crippen LogP contribution in [0.4, 0.5) is 0 Å². The molecule has 1 amide bonds. The number of carbonyl (C=O) groups is 1. The van der Waals surface area contributed by atoms with Crippen molar-refractivity contribution in [1.82, 2.24) is 5.32 Å². The van der Waals surface area contributed by atoms with Crippen LogP contribution in [0.25, 0.3) is 0 Å². The molecule has 0 bridgehead atoms. The average molecular weight is 199 g/mol. The maximum Gasteiger partial charge on any atom is 0.252 e. The van der Waals surface area contributed by atoms with Crippen LogP contribution in [0.15, 0.2) is 11.4 Å². The molecular formula is C10H17NOS. The highest BCUT2D eigenvalue weighted by atomic mass is 32.1. The summed E-state index contributed by atoms with van der Waals surface area (Å²) >= 11 is 1.64. The van der Waals surface area contributed by atoms with Crippen molar-refractivity contribution in [1.29, 1.82) is 0 Å². The Morgan fingerprint density at radius 3 is 2.85 bits per heavy atom. The molecule has 1 rings (SSSR count). The van der Waals surface area contributed by atoms with E-state index in [9.17, 15) is 4.79 Å². The summed E-state index contributed by atoms with van der Waals surface area (Å²) in [5, 5.41) is 4.78. The summed E-state index contributed by atoms with van der Waals surface area (Å²) in [6.45, 7) is 6.02. The Labute approximate surface area is 84.5 Å². The first-order valence-electron chi connectivity index (χ1n) is 4.51. The largest absolute Gasteiger partial charge is 0.350 e. The van der Waals surface area contributed by atoms with E-state index in [0.717, 1.165) is 12.0 Å². The van der Waals surface area contributed by atoms with Gasteiger partial charge in [0.1, 0.15) is 0 Å². The third-order valence-corrected chi connectivity index (χ3v) is 2.77. The van der Waals surface area contributed by atoms with Gasteiger partial charge >= 0.3 is 0 Å². The average Bonchev–Trinajstić information content (AvgIpc) is 2.50. The summed E-state index contributed by atoms with van der Waals surface area (Å²) < 4.78 is 0. The third kappa shape index (κ3) is 2.84. The van der Waals surface area contributed by atoms with Gasteiger partial charge in [0.05, 0.1) is 5.56 Å². The standard InChI is InChI=1S/C10H15NOS.H2/c1-4-9-5-8(6-13-9)10(12)11-7(2)3;/h5-7H,4H2,1-3H3,(H,11,12);1H. The summed E-state index contributed by atoms with van der Waals surface area (Å²) in [5.74, 6) is 0.0333. The van der Waals surface area contributed by atoms with Crippen molar-refractivity contribution < 1.29 is 6.22 Å². The minimum absolute atomic E-state index is 0. The number of nitrogens with one attached hydrogen (secondary N) is 1. The summed E-state index contributed by atoms with van der Waals surface area (Å²) in [7, 11) is 0. The van der Waals surface area contributed by atoms with Crippen molar-refractivity contribution >= 4 is 17.2 Å². The predicted molar refractivity (Wildman–Crippen MR) is 58.4 cm³/mol. The Morgan fingerprint density at radius 1 is 1.69 bits per heavy atom. The number of hydrogen-bond acceptors (Lipinski definition) is 2. The van der Waals surface area contributed by atoms with Gasteiger partial charge in [-0.1, -0.05) is 6.92 Å². The Morgan fingerprint density at radius 2 is 2.38 bits per heavy atom. The number of carbonyl (C=O) groups excluding carboxylic acids is 1. The lowest BCUT2D eigenvalue weighted by atomic mass is 10.2. The van der Waals surface area contributed by atoms with Crippen LogP contribution in [-0.4, -0.2) is 11.9 Å². The van der Waals surface area contributed by atoms with E-state index in [0.29, 0.717) is 0 Å². The van der Waals surface area contributed by atoms with Gasteiger partial charge in [0.15, 0.2) is 0 Å². The van der Waals surface area contributed by atoms with Gasteiger partial charge in [-0.25, -0.2) is 0 Å². The maximum absolute atomic E-state index is 11.5. The highest BCUT2D eigenvalue weighted by Gasteiger charge is 2.08. The molecule has 0 aliphatic carbocycles. The van der Waals surface area contributed by atoms with Crippen LogP contribution in [0, 0.1) is 0 Å². The van der Waals surface area contributed by atoms with Crippen LogP contribution in [0.2, 0.25) is 0 Å². The molecule has 0 unspecified atom stereocenters. The van der Waals surface area contributed by atoms with Gasteiger partial charge in [-0.15, -0.1) is 11.3 Å². The quantitative estimate of drug-likeness (QED) is 0.796. The van der Waals surface area contributed by atoms with Gasteiger partial charge in [0, 0.05) is 17.7 Å². The van der Waals surface area contributed by atoms with Crippen molar-refractivity contribution in [2.24, 2.45) is 0 Å². The minimum Gasteiger partial charge on any atom is -0.350 e. The second kappa shape index (κ2) is 4.42. The molecule has 0 aliphatic rings. The first-order valence-corrected chi connectivity index (χ1v) is 5.39. The fourth-order valence-electron chi connectivity index (χ4n) is 1.03. The third-order valence-electron chi connectivity index (χ3n) is 1.68. The number of thiophene rings is 1. The lowest BCUT2D eigenvalue weighted by Crippen LogP contribution is -2.29. The molecule has 0 aliphatic heterocycles. The van der Waals surface area contributed by atoms with Gasteiger partial charge < -0.3 is 5.32 Å². The predicted octanol–water partition coefficient (Wildman–Crippen LogP) is 2.69.